The van der Waals surface area contributed by atoms with Gasteiger partial charge in [-0.3, -0.25) is 4.90 Å². The van der Waals surface area contributed by atoms with Gasteiger partial charge in [0.25, 0.3) is 0 Å². The standard InChI is InChI=1S/C20H25ClN2O6S/c1-22(2)20(27)29-12-30-16-8-9-23(11-13(16)10-17(24)25)18(19(26)28-3)14-6-4-5-7-15(14)21/h4-7,10,16,18H,8-9,11-12H2,1-3H3,(H,24,25)/b13-10-/t16?,18-/m0/s1. The highest BCUT2D eigenvalue weighted by atomic mass is 35.5. The van der Waals surface area contributed by atoms with E-state index in [1.807, 2.05) is 4.90 Å². The number of rotatable bonds is 7. The number of piperidine rings is 1. The minimum absolute atomic E-state index is 0.101. The second kappa shape index (κ2) is 11.2. The number of carbonyl (C=O) groups excluding carboxylic acids is 2. The van der Waals surface area contributed by atoms with Crippen LogP contribution in [0.4, 0.5) is 4.79 Å². The van der Waals surface area contributed by atoms with Crippen LogP contribution in [0.25, 0.3) is 0 Å². The zero-order valence-electron chi connectivity index (χ0n) is 17.0. The maximum atomic E-state index is 12.6. The Morgan fingerprint density at radius 1 is 1.37 bits per heavy atom. The number of methoxy groups -OCH3 is 1. The predicted molar refractivity (Wildman–Crippen MR) is 115 cm³/mol. The van der Waals surface area contributed by atoms with Gasteiger partial charge in [-0.1, -0.05) is 29.8 Å². The van der Waals surface area contributed by atoms with Gasteiger partial charge in [0.2, 0.25) is 0 Å². The lowest BCUT2D eigenvalue weighted by molar-refractivity contribution is -0.147. The topological polar surface area (TPSA) is 96.4 Å². The van der Waals surface area contributed by atoms with Crippen LogP contribution in [-0.4, -0.2) is 78.4 Å². The van der Waals surface area contributed by atoms with E-state index in [4.69, 9.17) is 21.1 Å². The smallest absolute Gasteiger partial charge is 0.410 e. The van der Waals surface area contributed by atoms with E-state index in [-0.39, 0.29) is 17.7 Å². The van der Waals surface area contributed by atoms with E-state index in [9.17, 15) is 19.5 Å². The molecule has 0 aliphatic carbocycles. The normalized spacial score (nSPS) is 19.2. The summed E-state index contributed by atoms with van der Waals surface area (Å²) in [5.74, 6) is -1.44. The molecule has 0 saturated carbocycles. The Morgan fingerprint density at radius 3 is 2.67 bits per heavy atom. The molecule has 2 rings (SSSR count). The molecule has 1 aliphatic rings. The number of nitrogens with zero attached hydrogens (tertiary/aromatic N) is 2. The Morgan fingerprint density at radius 2 is 2.07 bits per heavy atom. The van der Waals surface area contributed by atoms with Crippen LogP contribution in [0.2, 0.25) is 5.02 Å². The molecule has 0 radical (unpaired) electrons. The lowest BCUT2D eigenvalue weighted by Crippen LogP contribution is -2.43. The Hall–Kier alpha value is -2.23. The summed E-state index contributed by atoms with van der Waals surface area (Å²) >= 11 is 7.66. The summed E-state index contributed by atoms with van der Waals surface area (Å²) in [6.07, 6.45) is 1.26. The summed E-state index contributed by atoms with van der Waals surface area (Å²) in [4.78, 5) is 38.7. The molecular weight excluding hydrogens is 432 g/mol. The van der Waals surface area contributed by atoms with Crippen molar-refractivity contribution in [2.24, 2.45) is 0 Å². The summed E-state index contributed by atoms with van der Waals surface area (Å²) < 4.78 is 10.1. The average molecular weight is 457 g/mol. The van der Waals surface area contributed by atoms with Crippen molar-refractivity contribution in [1.82, 2.24) is 9.80 Å². The highest BCUT2D eigenvalue weighted by molar-refractivity contribution is 7.99. The second-order valence-electron chi connectivity index (χ2n) is 6.84. The van der Waals surface area contributed by atoms with Crippen molar-refractivity contribution in [3.63, 3.8) is 0 Å². The van der Waals surface area contributed by atoms with Crippen molar-refractivity contribution < 1.29 is 29.0 Å². The molecule has 0 spiro atoms. The van der Waals surface area contributed by atoms with Crippen LogP contribution in [0.5, 0.6) is 0 Å². The molecule has 0 aromatic heterocycles. The fourth-order valence-corrected chi connectivity index (χ4v) is 4.37. The summed E-state index contributed by atoms with van der Waals surface area (Å²) in [5, 5.41) is 9.58. The number of halogens is 1. The third-order valence-electron chi connectivity index (χ3n) is 4.59. The van der Waals surface area contributed by atoms with Crippen LogP contribution in [0.3, 0.4) is 0 Å². The first-order valence-corrected chi connectivity index (χ1v) is 10.6. The Kier molecular flexibility index (Phi) is 9.01. The van der Waals surface area contributed by atoms with E-state index in [1.165, 1.54) is 23.8 Å². The highest BCUT2D eigenvalue weighted by Gasteiger charge is 2.35. The van der Waals surface area contributed by atoms with E-state index in [2.05, 4.69) is 0 Å². The SMILES string of the molecule is COC(=O)[C@H](c1ccccc1Cl)N1CCC(SCOC(=O)N(C)C)/C(=C\C(=O)O)C1. The Balaban J connectivity index is 2.20. The molecule has 1 fully saturated rings. The minimum Gasteiger partial charge on any atom is -0.478 e. The van der Waals surface area contributed by atoms with Crippen LogP contribution in [-0.2, 0) is 19.1 Å². The van der Waals surface area contributed by atoms with Crippen molar-refractivity contribution in [3.8, 4) is 0 Å². The quantitative estimate of drug-likeness (QED) is 0.380. The first kappa shape index (κ1) is 24.0. The molecular formula is C20H25ClN2O6S. The van der Waals surface area contributed by atoms with Crippen LogP contribution in [0.1, 0.15) is 18.0 Å². The Bertz CT molecular complexity index is 816. The fraction of sp³-hybridized carbons (Fsp3) is 0.450. The molecule has 0 bridgehead atoms. The highest BCUT2D eigenvalue weighted by Crippen LogP contribution is 2.35. The van der Waals surface area contributed by atoms with Crippen molar-refractivity contribution in [2.45, 2.75) is 17.7 Å². The first-order valence-electron chi connectivity index (χ1n) is 9.20. The van der Waals surface area contributed by atoms with E-state index in [0.717, 1.165) is 6.08 Å². The number of esters is 1. The van der Waals surface area contributed by atoms with Gasteiger partial charge >= 0.3 is 18.0 Å². The monoisotopic (exact) mass is 456 g/mol. The van der Waals surface area contributed by atoms with E-state index in [0.29, 0.717) is 29.1 Å². The largest absolute Gasteiger partial charge is 0.478 e. The van der Waals surface area contributed by atoms with Gasteiger partial charge < -0.3 is 19.5 Å². The van der Waals surface area contributed by atoms with Crippen LogP contribution in [0.15, 0.2) is 35.9 Å². The lowest BCUT2D eigenvalue weighted by atomic mass is 9.98. The van der Waals surface area contributed by atoms with Gasteiger partial charge in [0.15, 0.2) is 0 Å². The molecule has 1 heterocycles. The van der Waals surface area contributed by atoms with E-state index in [1.54, 1.807) is 38.4 Å². The number of carboxylic acid groups (broad SMARTS) is 1. The van der Waals surface area contributed by atoms with Gasteiger partial charge in [0.05, 0.1) is 7.11 Å². The van der Waals surface area contributed by atoms with Crippen LogP contribution >= 0.6 is 23.4 Å². The molecule has 1 unspecified atom stereocenters. The predicted octanol–water partition coefficient (Wildman–Crippen LogP) is 3.03. The maximum Gasteiger partial charge on any atom is 0.410 e. The van der Waals surface area contributed by atoms with Gasteiger partial charge in [-0.05, 0) is 23.6 Å². The number of aliphatic carboxylic acids is 1. The molecule has 164 valence electrons. The molecule has 1 aliphatic heterocycles. The average Bonchev–Trinajstić information content (AvgIpc) is 2.70. The lowest BCUT2D eigenvalue weighted by Gasteiger charge is -2.38. The summed E-state index contributed by atoms with van der Waals surface area (Å²) in [7, 11) is 4.48. The summed E-state index contributed by atoms with van der Waals surface area (Å²) in [6.45, 7) is 0.762. The molecule has 1 N–H and O–H groups in total. The third-order valence-corrected chi connectivity index (χ3v) is 6.13. The molecule has 30 heavy (non-hydrogen) atoms. The fourth-order valence-electron chi connectivity index (χ4n) is 3.17. The number of likely N-dealkylation sites (tertiary alicyclic amines) is 1. The number of benzene rings is 1. The molecule has 8 nitrogen and oxygen atoms in total. The molecule has 1 aromatic rings. The van der Waals surface area contributed by atoms with E-state index >= 15 is 0 Å². The number of thioether (sulfide) groups is 1. The van der Waals surface area contributed by atoms with Gasteiger partial charge in [-0.25, -0.2) is 14.4 Å². The van der Waals surface area contributed by atoms with Gasteiger partial charge in [-0.15, -0.1) is 11.8 Å². The van der Waals surface area contributed by atoms with E-state index < -0.39 is 24.1 Å². The van der Waals surface area contributed by atoms with Gasteiger partial charge in [-0.2, -0.15) is 0 Å². The van der Waals surface area contributed by atoms with Crippen molar-refractivity contribution >= 4 is 41.4 Å². The molecule has 1 saturated heterocycles. The molecule has 1 amide bonds. The minimum atomic E-state index is -1.07. The number of ether oxygens (including phenoxy) is 2. The molecule has 1 aromatic carbocycles. The summed E-state index contributed by atoms with van der Waals surface area (Å²) in [6, 6.07) is 6.26. The molecule has 10 heteroatoms. The first-order chi connectivity index (χ1) is 14.2. The molecule has 2 atom stereocenters. The van der Waals surface area contributed by atoms with Crippen molar-refractivity contribution in [3.05, 3.63) is 46.5 Å². The van der Waals surface area contributed by atoms with Crippen molar-refractivity contribution in [2.75, 3.05) is 40.2 Å². The third kappa shape index (κ3) is 6.38. The second-order valence-corrected chi connectivity index (χ2v) is 8.39. The van der Waals surface area contributed by atoms with Crippen LogP contribution < -0.4 is 0 Å². The number of carbonyl (C=O) groups is 3. The van der Waals surface area contributed by atoms with Gasteiger partial charge in [0, 0.05) is 43.5 Å². The number of amides is 1. The maximum absolute atomic E-state index is 12.6. The number of hydrogen-bond donors (Lipinski definition) is 1. The van der Waals surface area contributed by atoms with Crippen molar-refractivity contribution in [1.29, 1.82) is 0 Å². The summed E-state index contributed by atoms with van der Waals surface area (Å²) in [5.41, 5.74) is 1.23. The zero-order valence-corrected chi connectivity index (χ0v) is 18.6. The zero-order chi connectivity index (χ0) is 22.3. The van der Waals surface area contributed by atoms with Gasteiger partial charge in [0.1, 0.15) is 12.0 Å². The Labute approximate surface area is 184 Å². The number of hydrogen-bond acceptors (Lipinski definition) is 7. The number of carboxylic acids is 1. The van der Waals surface area contributed by atoms with Crippen LogP contribution in [0, 0.1) is 0 Å².